The molecule has 7 nitrogen and oxygen atoms in total. The van der Waals surface area contributed by atoms with Gasteiger partial charge < -0.3 is 14.6 Å². The number of para-hydroxylation sites is 1. The highest BCUT2D eigenvalue weighted by molar-refractivity contribution is 5.89. The standard InChI is InChI=1S/C26H30N2O5/c29-25(30)28-22-11-5-4-9-20(22)24(21-10-6-12-23(21)28)27(19-13-14-19)26(31)33-16-15-32-17-18-7-2-1-3-8-18/h1-5,7-9,11,19,21,23-24H,6,10,12-17H2,(H,29,30). The lowest BCUT2D eigenvalue weighted by Gasteiger charge is -2.46. The van der Waals surface area contributed by atoms with Crippen LogP contribution >= 0.6 is 0 Å². The number of fused-ring (bicyclic) bond motifs is 2. The predicted octanol–water partition coefficient (Wildman–Crippen LogP) is 5.21. The van der Waals surface area contributed by atoms with Crippen LogP contribution in [-0.4, -0.2) is 47.5 Å². The highest BCUT2D eigenvalue weighted by atomic mass is 16.6. The Bertz CT molecular complexity index is 993. The number of nitrogens with zero attached hydrogens (tertiary/aromatic N) is 2. The lowest BCUT2D eigenvalue weighted by atomic mass is 9.82. The van der Waals surface area contributed by atoms with E-state index < -0.39 is 6.09 Å². The number of benzene rings is 2. The lowest BCUT2D eigenvalue weighted by molar-refractivity contribution is 0.0315. The van der Waals surface area contributed by atoms with Crippen LogP contribution in [0.2, 0.25) is 0 Å². The number of ether oxygens (including phenoxy) is 2. The molecular formula is C26H30N2O5. The first-order valence-corrected chi connectivity index (χ1v) is 11.8. The van der Waals surface area contributed by atoms with E-state index in [2.05, 4.69) is 0 Å². The zero-order valence-electron chi connectivity index (χ0n) is 18.6. The van der Waals surface area contributed by atoms with Gasteiger partial charge in [-0.25, -0.2) is 9.59 Å². The summed E-state index contributed by atoms with van der Waals surface area (Å²) < 4.78 is 11.3. The fraction of sp³-hybridized carbons (Fsp3) is 0.462. The summed E-state index contributed by atoms with van der Waals surface area (Å²) in [6.45, 7) is 1.01. The lowest BCUT2D eigenvalue weighted by Crippen LogP contribution is -2.52. The van der Waals surface area contributed by atoms with Gasteiger partial charge >= 0.3 is 12.2 Å². The van der Waals surface area contributed by atoms with Gasteiger partial charge in [0.05, 0.1) is 24.9 Å². The molecule has 2 aliphatic carbocycles. The molecule has 3 aliphatic rings. The molecule has 0 saturated heterocycles. The van der Waals surface area contributed by atoms with Gasteiger partial charge in [0.2, 0.25) is 0 Å². The molecule has 5 rings (SSSR count). The largest absolute Gasteiger partial charge is 0.465 e. The SMILES string of the molecule is O=C(O)N1c2ccccc2C(N(C(=O)OCCOCc2ccccc2)C2CC2)C2CCCC21. The maximum Gasteiger partial charge on any atom is 0.412 e. The fourth-order valence-electron chi connectivity index (χ4n) is 5.49. The third kappa shape index (κ3) is 4.42. The van der Waals surface area contributed by atoms with E-state index in [0.29, 0.717) is 18.9 Å². The van der Waals surface area contributed by atoms with Gasteiger partial charge in [0, 0.05) is 18.0 Å². The van der Waals surface area contributed by atoms with Crippen molar-refractivity contribution in [2.24, 2.45) is 5.92 Å². The van der Waals surface area contributed by atoms with E-state index in [4.69, 9.17) is 9.47 Å². The van der Waals surface area contributed by atoms with Crippen LogP contribution in [0.25, 0.3) is 0 Å². The molecule has 0 radical (unpaired) electrons. The molecule has 33 heavy (non-hydrogen) atoms. The summed E-state index contributed by atoms with van der Waals surface area (Å²) in [6.07, 6.45) is 3.36. The Morgan fingerprint density at radius 2 is 1.73 bits per heavy atom. The third-order valence-corrected chi connectivity index (χ3v) is 7.01. The number of rotatable bonds is 7. The summed E-state index contributed by atoms with van der Waals surface area (Å²) in [5, 5.41) is 9.94. The average Bonchev–Trinajstić information content (AvgIpc) is 3.54. The summed E-state index contributed by atoms with van der Waals surface area (Å²) in [7, 11) is 0. The van der Waals surface area contributed by atoms with Crippen molar-refractivity contribution in [1.29, 1.82) is 0 Å². The zero-order valence-corrected chi connectivity index (χ0v) is 18.6. The van der Waals surface area contributed by atoms with E-state index in [1.54, 1.807) is 0 Å². The third-order valence-electron chi connectivity index (χ3n) is 7.01. The van der Waals surface area contributed by atoms with Crippen molar-refractivity contribution < 1.29 is 24.2 Å². The molecular weight excluding hydrogens is 420 g/mol. The van der Waals surface area contributed by atoms with Crippen molar-refractivity contribution >= 4 is 17.9 Å². The van der Waals surface area contributed by atoms with E-state index in [0.717, 1.165) is 43.2 Å². The normalized spacial score (nSPS) is 23.5. The quantitative estimate of drug-likeness (QED) is 0.586. The maximum atomic E-state index is 13.3. The first-order chi connectivity index (χ1) is 16.1. The number of carbonyl (C=O) groups excluding carboxylic acids is 1. The molecule has 1 aliphatic heterocycles. The topological polar surface area (TPSA) is 79.3 Å². The van der Waals surface area contributed by atoms with Crippen LogP contribution in [0.4, 0.5) is 15.3 Å². The monoisotopic (exact) mass is 450 g/mol. The first kappa shape index (κ1) is 21.8. The minimum absolute atomic E-state index is 0.0819. The summed E-state index contributed by atoms with van der Waals surface area (Å²) in [6, 6.07) is 17.4. The van der Waals surface area contributed by atoms with Crippen LogP contribution in [0, 0.1) is 5.92 Å². The van der Waals surface area contributed by atoms with Crippen LogP contribution in [-0.2, 0) is 16.1 Å². The van der Waals surface area contributed by atoms with Crippen LogP contribution in [0.5, 0.6) is 0 Å². The van der Waals surface area contributed by atoms with Crippen molar-refractivity contribution in [1.82, 2.24) is 4.90 Å². The van der Waals surface area contributed by atoms with Crippen LogP contribution in [0.1, 0.15) is 49.3 Å². The Morgan fingerprint density at radius 3 is 2.48 bits per heavy atom. The fourth-order valence-corrected chi connectivity index (χ4v) is 5.49. The summed E-state index contributed by atoms with van der Waals surface area (Å²) >= 11 is 0. The summed E-state index contributed by atoms with van der Waals surface area (Å²) in [5.74, 6) is 0.0819. The second kappa shape index (κ2) is 9.43. The van der Waals surface area contributed by atoms with Crippen molar-refractivity contribution in [3.63, 3.8) is 0 Å². The molecule has 1 heterocycles. The minimum atomic E-state index is -0.922. The van der Waals surface area contributed by atoms with Gasteiger partial charge in [0.25, 0.3) is 0 Å². The van der Waals surface area contributed by atoms with Crippen LogP contribution in [0.3, 0.4) is 0 Å². The predicted molar refractivity (Wildman–Crippen MR) is 123 cm³/mol. The van der Waals surface area contributed by atoms with Gasteiger partial charge in [0.1, 0.15) is 6.61 Å². The summed E-state index contributed by atoms with van der Waals surface area (Å²) in [5.41, 5.74) is 2.69. The molecule has 174 valence electrons. The second-order valence-electron chi connectivity index (χ2n) is 9.11. The van der Waals surface area contributed by atoms with Gasteiger partial charge in [0.15, 0.2) is 0 Å². The average molecular weight is 451 g/mol. The van der Waals surface area contributed by atoms with E-state index in [-0.39, 0.29) is 36.7 Å². The Kier molecular flexibility index (Phi) is 6.22. The highest BCUT2D eigenvalue weighted by Gasteiger charge is 2.51. The Hall–Kier alpha value is -3.06. The maximum absolute atomic E-state index is 13.3. The van der Waals surface area contributed by atoms with Crippen molar-refractivity contribution in [3.8, 4) is 0 Å². The first-order valence-electron chi connectivity index (χ1n) is 11.8. The minimum Gasteiger partial charge on any atom is -0.465 e. The van der Waals surface area contributed by atoms with Gasteiger partial charge in [-0.05, 0) is 42.9 Å². The van der Waals surface area contributed by atoms with E-state index in [1.807, 2.05) is 59.5 Å². The molecule has 2 aromatic rings. The number of carboxylic acid groups (broad SMARTS) is 1. The van der Waals surface area contributed by atoms with Gasteiger partial charge in [-0.15, -0.1) is 0 Å². The second-order valence-corrected chi connectivity index (χ2v) is 9.11. The molecule has 2 amide bonds. The molecule has 2 aromatic carbocycles. The Morgan fingerprint density at radius 1 is 0.970 bits per heavy atom. The Balaban J connectivity index is 1.30. The van der Waals surface area contributed by atoms with E-state index in [1.165, 1.54) is 4.90 Å². The van der Waals surface area contributed by atoms with Gasteiger partial charge in [-0.1, -0.05) is 55.0 Å². The molecule has 0 spiro atoms. The van der Waals surface area contributed by atoms with E-state index >= 15 is 0 Å². The molecule has 1 N–H and O–H groups in total. The van der Waals surface area contributed by atoms with Crippen molar-refractivity contribution in [3.05, 3.63) is 65.7 Å². The Labute approximate surface area is 193 Å². The zero-order chi connectivity index (χ0) is 22.8. The number of carbonyl (C=O) groups is 2. The van der Waals surface area contributed by atoms with Crippen molar-refractivity contribution in [2.45, 2.75) is 56.8 Å². The number of anilines is 1. The molecule has 7 heteroatoms. The smallest absolute Gasteiger partial charge is 0.412 e. The molecule has 2 saturated carbocycles. The van der Waals surface area contributed by atoms with Crippen molar-refractivity contribution in [2.75, 3.05) is 18.1 Å². The van der Waals surface area contributed by atoms with Gasteiger partial charge in [-0.3, -0.25) is 9.80 Å². The van der Waals surface area contributed by atoms with E-state index in [9.17, 15) is 14.7 Å². The van der Waals surface area contributed by atoms with Crippen LogP contribution < -0.4 is 4.90 Å². The number of hydrogen-bond acceptors (Lipinski definition) is 4. The molecule has 0 aromatic heterocycles. The molecule has 0 bridgehead atoms. The number of amides is 2. The molecule has 3 atom stereocenters. The molecule has 2 fully saturated rings. The van der Waals surface area contributed by atoms with Gasteiger partial charge in [-0.2, -0.15) is 0 Å². The summed E-state index contributed by atoms with van der Waals surface area (Å²) in [4.78, 5) is 28.8. The molecule has 3 unspecified atom stereocenters. The van der Waals surface area contributed by atoms with Crippen LogP contribution in [0.15, 0.2) is 54.6 Å². The number of hydrogen-bond donors (Lipinski definition) is 1. The highest BCUT2D eigenvalue weighted by Crippen LogP contribution is 2.52.